The van der Waals surface area contributed by atoms with E-state index in [1.54, 1.807) is 0 Å². The number of fused-ring (bicyclic) bond motifs is 4. The van der Waals surface area contributed by atoms with Gasteiger partial charge in [0.15, 0.2) is 0 Å². The van der Waals surface area contributed by atoms with Gasteiger partial charge in [0.05, 0.1) is 11.4 Å². The molecule has 6 aromatic rings. The van der Waals surface area contributed by atoms with Crippen LogP contribution in [-0.2, 0) is 25.7 Å². The standard InChI is InChI=1S/C42H36N2O4/c45-39-27-11-5-15-43-17-13-25-23-9-3-1-7-21(23)19-29(31(25)37(27)43)33(39)35-41(47)36(42(35)48)34-30-20-22-8-2-4-10-24(22)26-14-18-44-16-6-12-28(40(34)46)38(44)32(26)30/h1-4,7-10,19-20,35-36,41-42,45-46H,5-6,11-18H2/q-2. The van der Waals surface area contributed by atoms with Gasteiger partial charge in [0.25, 0.3) is 0 Å². The number of benzene rings is 6. The minimum Gasteiger partial charge on any atom is -0.851 e. The molecule has 0 spiro atoms. The fourth-order valence-corrected chi connectivity index (χ4v) is 10.7. The second-order valence-electron chi connectivity index (χ2n) is 14.8. The number of nitrogens with zero attached hydrogens (tertiary/aromatic N) is 2. The van der Waals surface area contributed by atoms with Crippen LogP contribution in [0.1, 0.15) is 58.1 Å². The Hall–Kier alpha value is -4.52. The lowest BCUT2D eigenvalue weighted by molar-refractivity contribution is -0.535. The van der Waals surface area contributed by atoms with E-state index in [-0.39, 0.29) is 11.5 Å². The number of anilines is 2. The Morgan fingerprint density at radius 1 is 0.521 bits per heavy atom. The molecule has 6 nitrogen and oxygen atoms in total. The Balaban J connectivity index is 1.15. The molecular weight excluding hydrogens is 596 g/mol. The summed E-state index contributed by atoms with van der Waals surface area (Å²) >= 11 is 0. The minimum atomic E-state index is -1.29. The zero-order valence-corrected chi connectivity index (χ0v) is 26.8. The van der Waals surface area contributed by atoms with Crippen LogP contribution in [-0.4, -0.2) is 48.6 Å². The average molecular weight is 633 g/mol. The molecule has 6 heteroatoms. The summed E-state index contributed by atoms with van der Waals surface area (Å²) in [6.07, 6.45) is 2.55. The Morgan fingerprint density at radius 3 is 1.42 bits per heavy atom. The monoisotopic (exact) mass is 632 g/mol. The zero-order chi connectivity index (χ0) is 32.0. The molecule has 5 aliphatic rings. The van der Waals surface area contributed by atoms with Gasteiger partial charge in [-0.3, -0.25) is 0 Å². The number of hydrogen-bond donors (Lipinski definition) is 2. The van der Waals surface area contributed by atoms with E-state index in [2.05, 4.69) is 58.3 Å². The third-order valence-electron chi connectivity index (χ3n) is 12.7. The molecule has 0 radical (unpaired) electrons. The van der Waals surface area contributed by atoms with E-state index in [0.29, 0.717) is 11.1 Å². The molecular formula is C42H36N2O4-2. The lowest BCUT2D eigenvalue weighted by Gasteiger charge is -2.62. The van der Waals surface area contributed by atoms with Crippen molar-refractivity contribution in [1.29, 1.82) is 0 Å². The summed E-state index contributed by atoms with van der Waals surface area (Å²) in [5, 5.41) is 62.3. The Bertz CT molecular complexity index is 2240. The molecule has 0 saturated heterocycles. The highest BCUT2D eigenvalue weighted by atomic mass is 16.3. The molecule has 2 N–H and O–H groups in total. The van der Waals surface area contributed by atoms with Crippen molar-refractivity contribution in [3.8, 4) is 11.5 Å². The molecule has 4 aliphatic heterocycles. The van der Waals surface area contributed by atoms with Gasteiger partial charge in [0, 0.05) is 59.2 Å². The Labute approximate surface area is 278 Å². The van der Waals surface area contributed by atoms with Gasteiger partial charge in [-0.15, -0.1) is 12.2 Å². The van der Waals surface area contributed by atoms with Crippen molar-refractivity contribution in [3.05, 3.63) is 94.0 Å². The number of hydrogen-bond acceptors (Lipinski definition) is 6. The molecule has 240 valence electrons. The number of aromatic hydroxyl groups is 2. The van der Waals surface area contributed by atoms with Crippen LogP contribution in [0, 0.1) is 0 Å². The summed E-state index contributed by atoms with van der Waals surface area (Å²) in [4.78, 5) is 4.79. The quantitative estimate of drug-likeness (QED) is 0.239. The van der Waals surface area contributed by atoms with Crippen molar-refractivity contribution in [2.45, 2.75) is 62.6 Å². The Morgan fingerprint density at radius 2 is 0.958 bits per heavy atom. The van der Waals surface area contributed by atoms with Crippen molar-refractivity contribution in [2.24, 2.45) is 0 Å². The largest absolute Gasteiger partial charge is 0.851 e. The number of phenols is 2. The van der Waals surface area contributed by atoms with Gasteiger partial charge in [-0.05, 0) is 106 Å². The molecule has 0 bridgehead atoms. The van der Waals surface area contributed by atoms with E-state index in [1.165, 1.54) is 21.9 Å². The van der Waals surface area contributed by atoms with E-state index >= 15 is 0 Å². The van der Waals surface area contributed by atoms with Crippen LogP contribution in [0.15, 0.2) is 60.7 Å². The van der Waals surface area contributed by atoms with Crippen LogP contribution in [0.25, 0.3) is 43.1 Å². The van der Waals surface area contributed by atoms with Crippen molar-refractivity contribution in [3.63, 3.8) is 0 Å². The van der Waals surface area contributed by atoms with Crippen molar-refractivity contribution in [1.82, 2.24) is 0 Å². The van der Waals surface area contributed by atoms with Gasteiger partial charge >= 0.3 is 0 Å². The molecule has 6 aromatic carbocycles. The summed E-state index contributed by atoms with van der Waals surface area (Å²) in [5.74, 6) is -1.51. The molecule has 1 aliphatic carbocycles. The SMILES string of the molecule is [O-]C1C(c2c(O)c3c4c5c(c6ccccc6cc25)CCN4CCC3)C([O-])C1c1c(O)c2c3c4c(c5ccccc5cc14)CCN3CCC2. The van der Waals surface area contributed by atoms with E-state index in [4.69, 9.17) is 0 Å². The van der Waals surface area contributed by atoms with Crippen LogP contribution >= 0.6 is 0 Å². The first-order chi connectivity index (χ1) is 23.5. The zero-order valence-electron chi connectivity index (χ0n) is 26.8. The van der Waals surface area contributed by atoms with Gasteiger partial charge in [0.2, 0.25) is 0 Å². The highest BCUT2D eigenvalue weighted by Gasteiger charge is 2.45. The van der Waals surface area contributed by atoms with Crippen LogP contribution in [0.5, 0.6) is 11.5 Å². The van der Waals surface area contributed by atoms with Crippen LogP contribution in [0.2, 0.25) is 0 Å². The van der Waals surface area contributed by atoms with Crippen molar-refractivity contribution < 1.29 is 20.4 Å². The van der Waals surface area contributed by atoms with Crippen molar-refractivity contribution in [2.75, 3.05) is 36.0 Å². The predicted molar refractivity (Wildman–Crippen MR) is 188 cm³/mol. The van der Waals surface area contributed by atoms with Gasteiger partial charge in [-0.2, -0.15) is 0 Å². The molecule has 48 heavy (non-hydrogen) atoms. The lowest BCUT2D eigenvalue weighted by Crippen LogP contribution is -2.63. The summed E-state index contributed by atoms with van der Waals surface area (Å²) in [7, 11) is 0. The Kier molecular flexibility index (Phi) is 5.46. The van der Waals surface area contributed by atoms with Gasteiger partial charge in [-0.1, -0.05) is 48.5 Å². The van der Waals surface area contributed by atoms with Gasteiger partial charge in [0.1, 0.15) is 11.5 Å². The molecule has 1 saturated carbocycles. The third-order valence-corrected chi connectivity index (χ3v) is 12.7. The molecule has 0 unspecified atom stereocenters. The van der Waals surface area contributed by atoms with Crippen LogP contribution in [0.3, 0.4) is 0 Å². The molecule has 4 heterocycles. The second kappa shape index (κ2) is 9.55. The van der Waals surface area contributed by atoms with E-state index < -0.39 is 24.0 Å². The first kappa shape index (κ1) is 27.4. The average Bonchev–Trinajstić information content (AvgIpc) is 3.13. The number of phenolic OH excluding ortho intramolecular Hbond substituents is 2. The molecule has 0 atom stereocenters. The molecule has 0 aromatic heterocycles. The maximum atomic E-state index is 14.8. The predicted octanol–water partition coefficient (Wildman–Crippen LogP) is 5.67. The van der Waals surface area contributed by atoms with Gasteiger partial charge < -0.3 is 30.2 Å². The number of rotatable bonds is 2. The fraction of sp³-hybridized carbons (Fsp3) is 0.333. The summed E-state index contributed by atoms with van der Waals surface area (Å²) in [6, 6.07) is 21.0. The maximum absolute atomic E-state index is 14.8. The normalized spacial score (nSPS) is 24.1. The summed E-state index contributed by atoms with van der Waals surface area (Å²) < 4.78 is 0. The van der Waals surface area contributed by atoms with E-state index in [0.717, 1.165) is 120 Å². The van der Waals surface area contributed by atoms with Crippen LogP contribution in [0.4, 0.5) is 11.4 Å². The first-order valence-corrected chi connectivity index (χ1v) is 17.8. The molecule has 1 fully saturated rings. The van der Waals surface area contributed by atoms with E-state index in [1.807, 2.05) is 12.1 Å². The maximum Gasteiger partial charge on any atom is 0.124 e. The summed E-state index contributed by atoms with van der Waals surface area (Å²) in [5.41, 5.74) is 7.58. The topological polar surface area (TPSA) is 93.1 Å². The fourth-order valence-electron chi connectivity index (χ4n) is 10.7. The minimum absolute atomic E-state index is 0.147. The smallest absolute Gasteiger partial charge is 0.124 e. The van der Waals surface area contributed by atoms with E-state index in [9.17, 15) is 20.4 Å². The van der Waals surface area contributed by atoms with Crippen molar-refractivity contribution >= 4 is 54.5 Å². The molecule has 0 amide bonds. The van der Waals surface area contributed by atoms with Crippen LogP contribution < -0.4 is 20.0 Å². The summed E-state index contributed by atoms with van der Waals surface area (Å²) in [6.45, 7) is 3.71. The lowest BCUT2D eigenvalue weighted by atomic mass is 9.60. The first-order valence-electron chi connectivity index (χ1n) is 17.8. The highest BCUT2D eigenvalue weighted by molar-refractivity contribution is 6.13. The highest BCUT2D eigenvalue weighted by Crippen LogP contribution is 2.59. The molecule has 11 rings (SSSR count). The third kappa shape index (κ3) is 3.30. The van der Waals surface area contributed by atoms with Gasteiger partial charge in [-0.25, -0.2) is 0 Å². The second-order valence-corrected chi connectivity index (χ2v) is 14.8.